The molecule has 0 bridgehead atoms. The lowest BCUT2D eigenvalue weighted by Gasteiger charge is -2.11. The number of rotatable bonds is 2. The molecule has 0 atom stereocenters. The SMILES string of the molecule is O=C(NC(=O)c1cnccc1C(F)(F)F)c1cccs1. The van der Waals surface area contributed by atoms with Crippen molar-refractivity contribution in [3.63, 3.8) is 0 Å². The zero-order valence-electron chi connectivity index (χ0n) is 9.77. The van der Waals surface area contributed by atoms with Gasteiger partial charge in [-0.25, -0.2) is 0 Å². The van der Waals surface area contributed by atoms with Crippen molar-refractivity contribution < 1.29 is 22.8 Å². The van der Waals surface area contributed by atoms with Crippen LogP contribution < -0.4 is 5.32 Å². The van der Waals surface area contributed by atoms with E-state index in [0.717, 1.165) is 23.7 Å². The van der Waals surface area contributed by atoms with Gasteiger partial charge in [-0.15, -0.1) is 11.3 Å². The maximum atomic E-state index is 12.7. The standard InChI is InChI=1S/C12H7F3N2O2S/c13-12(14,15)8-3-4-16-6-7(8)10(18)17-11(19)9-2-1-5-20-9/h1-6H,(H,17,18,19). The van der Waals surface area contributed by atoms with Crippen molar-refractivity contribution in [2.75, 3.05) is 0 Å². The number of halogens is 3. The third-order valence-electron chi connectivity index (χ3n) is 2.34. The summed E-state index contributed by atoms with van der Waals surface area (Å²) in [4.78, 5) is 27.1. The number of hydrogen-bond donors (Lipinski definition) is 1. The van der Waals surface area contributed by atoms with Crippen molar-refractivity contribution in [3.05, 3.63) is 52.0 Å². The number of nitrogens with zero attached hydrogens (tertiary/aromatic N) is 1. The van der Waals surface area contributed by atoms with Crippen LogP contribution in [0.2, 0.25) is 0 Å². The Labute approximate surface area is 115 Å². The van der Waals surface area contributed by atoms with Gasteiger partial charge in [-0.2, -0.15) is 13.2 Å². The molecule has 0 saturated carbocycles. The minimum Gasteiger partial charge on any atom is -0.287 e. The van der Waals surface area contributed by atoms with E-state index in [4.69, 9.17) is 0 Å². The molecule has 4 nitrogen and oxygen atoms in total. The Morgan fingerprint density at radius 1 is 1.20 bits per heavy atom. The Morgan fingerprint density at radius 2 is 1.95 bits per heavy atom. The zero-order chi connectivity index (χ0) is 14.8. The van der Waals surface area contributed by atoms with Gasteiger partial charge in [0.2, 0.25) is 0 Å². The van der Waals surface area contributed by atoms with Gasteiger partial charge >= 0.3 is 6.18 Å². The maximum Gasteiger partial charge on any atom is 0.417 e. The van der Waals surface area contributed by atoms with Crippen LogP contribution in [0.15, 0.2) is 36.0 Å². The topological polar surface area (TPSA) is 59.1 Å². The van der Waals surface area contributed by atoms with Gasteiger partial charge in [0.15, 0.2) is 0 Å². The molecule has 2 heterocycles. The number of aromatic nitrogens is 1. The number of imide groups is 1. The molecule has 0 aliphatic rings. The predicted octanol–water partition coefficient (Wildman–Crippen LogP) is 2.73. The van der Waals surface area contributed by atoms with Gasteiger partial charge in [-0.1, -0.05) is 6.07 Å². The Balaban J connectivity index is 2.24. The van der Waals surface area contributed by atoms with E-state index < -0.39 is 29.1 Å². The first-order valence-corrected chi connectivity index (χ1v) is 6.18. The van der Waals surface area contributed by atoms with Crippen LogP contribution in [0, 0.1) is 0 Å². The molecule has 2 aromatic heterocycles. The van der Waals surface area contributed by atoms with E-state index in [-0.39, 0.29) is 4.88 Å². The molecule has 2 amide bonds. The lowest BCUT2D eigenvalue weighted by molar-refractivity contribution is -0.138. The lowest BCUT2D eigenvalue weighted by Crippen LogP contribution is -2.31. The molecule has 2 rings (SSSR count). The van der Waals surface area contributed by atoms with Crippen molar-refractivity contribution in [2.45, 2.75) is 6.18 Å². The normalized spacial score (nSPS) is 11.2. The smallest absolute Gasteiger partial charge is 0.287 e. The second-order valence-electron chi connectivity index (χ2n) is 3.68. The summed E-state index contributed by atoms with van der Waals surface area (Å²) in [6.07, 6.45) is -2.98. The van der Waals surface area contributed by atoms with Gasteiger partial charge in [0.25, 0.3) is 11.8 Å². The van der Waals surface area contributed by atoms with E-state index in [9.17, 15) is 22.8 Å². The van der Waals surface area contributed by atoms with E-state index in [1.165, 1.54) is 6.07 Å². The fraction of sp³-hybridized carbons (Fsp3) is 0.0833. The van der Waals surface area contributed by atoms with Gasteiger partial charge < -0.3 is 0 Å². The monoisotopic (exact) mass is 300 g/mol. The van der Waals surface area contributed by atoms with Crippen LogP contribution in [0.3, 0.4) is 0 Å². The second kappa shape index (κ2) is 5.41. The summed E-state index contributed by atoms with van der Waals surface area (Å²) in [5, 5.41) is 3.52. The number of carbonyl (C=O) groups is 2. The van der Waals surface area contributed by atoms with Crippen LogP contribution >= 0.6 is 11.3 Å². The van der Waals surface area contributed by atoms with Gasteiger partial charge in [0.05, 0.1) is 16.0 Å². The molecule has 0 fully saturated rings. The van der Waals surface area contributed by atoms with Gasteiger partial charge in [0.1, 0.15) is 0 Å². The Kier molecular flexibility index (Phi) is 3.84. The molecule has 0 spiro atoms. The fourth-order valence-electron chi connectivity index (χ4n) is 1.46. The van der Waals surface area contributed by atoms with E-state index in [1.54, 1.807) is 11.4 Å². The average molecular weight is 300 g/mol. The first-order chi connectivity index (χ1) is 9.39. The molecule has 0 unspecified atom stereocenters. The largest absolute Gasteiger partial charge is 0.417 e. The molecule has 0 radical (unpaired) electrons. The second-order valence-corrected chi connectivity index (χ2v) is 4.63. The lowest BCUT2D eigenvalue weighted by atomic mass is 10.1. The van der Waals surface area contributed by atoms with Crippen LogP contribution in [0.5, 0.6) is 0 Å². The first-order valence-electron chi connectivity index (χ1n) is 5.30. The fourth-order valence-corrected chi connectivity index (χ4v) is 2.08. The minimum absolute atomic E-state index is 0.232. The Bertz CT molecular complexity index is 638. The Hall–Kier alpha value is -2.22. The summed E-state index contributed by atoms with van der Waals surface area (Å²) >= 11 is 1.08. The molecule has 0 saturated heterocycles. The molecule has 2 aromatic rings. The predicted molar refractivity (Wildman–Crippen MR) is 65.4 cm³/mol. The quantitative estimate of drug-likeness (QED) is 0.868. The molecule has 8 heteroatoms. The van der Waals surface area contributed by atoms with Crippen LogP contribution in [-0.4, -0.2) is 16.8 Å². The zero-order valence-corrected chi connectivity index (χ0v) is 10.6. The number of carbonyl (C=O) groups excluding carboxylic acids is 2. The summed E-state index contributed by atoms with van der Waals surface area (Å²) in [7, 11) is 0. The van der Waals surface area contributed by atoms with E-state index >= 15 is 0 Å². The molecule has 104 valence electrons. The van der Waals surface area contributed by atoms with Crippen LogP contribution in [0.4, 0.5) is 13.2 Å². The van der Waals surface area contributed by atoms with E-state index in [2.05, 4.69) is 4.98 Å². The molecule has 0 aromatic carbocycles. The highest BCUT2D eigenvalue weighted by Gasteiger charge is 2.35. The number of pyridine rings is 1. The minimum atomic E-state index is -4.69. The van der Waals surface area contributed by atoms with E-state index in [1.807, 2.05) is 5.32 Å². The molecule has 1 N–H and O–H groups in total. The van der Waals surface area contributed by atoms with Gasteiger partial charge in [-0.3, -0.25) is 19.9 Å². The summed E-state index contributed by atoms with van der Waals surface area (Å²) in [6, 6.07) is 3.74. The molecule has 0 aliphatic heterocycles. The van der Waals surface area contributed by atoms with Crippen molar-refractivity contribution in [1.29, 1.82) is 0 Å². The van der Waals surface area contributed by atoms with Crippen molar-refractivity contribution in [3.8, 4) is 0 Å². The van der Waals surface area contributed by atoms with Crippen LogP contribution in [-0.2, 0) is 6.18 Å². The molecule has 20 heavy (non-hydrogen) atoms. The molecular weight excluding hydrogens is 293 g/mol. The average Bonchev–Trinajstić information content (AvgIpc) is 2.91. The molecular formula is C12H7F3N2O2S. The number of thiophene rings is 1. The van der Waals surface area contributed by atoms with Crippen molar-refractivity contribution >= 4 is 23.2 Å². The number of alkyl halides is 3. The molecule has 0 aliphatic carbocycles. The highest BCUT2D eigenvalue weighted by molar-refractivity contribution is 7.12. The summed E-state index contributed by atoms with van der Waals surface area (Å²) in [5.74, 6) is -1.88. The van der Waals surface area contributed by atoms with Crippen molar-refractivity contribution in [2.24, 2.45) is 0 Å². The number of nitrogens with one attached hydrogen (secondary N) is 1. The number of amides is 2. The van der Waals surface area contributed by atoms with Crippen LogP contribution in [0.25, 0.3) is 0 Å². The van der Waals surface area contributed by atoms with E-state index in [0.29, 0.717) is 6.07 Å². The Morgan fingerprint density at radius 3 is 2.55 bits per heavy atom. The summed E-state index contributed by atoms with van der Waals surface area (Å²) in [6.45, 7) is 0. The third kappa shape index (κ3) is 3.02. The highest BCUT2D eigenvalue weighted by Crippen LogP contribution is 2.31. The third-order valence-corrected chi connectivity index (χ3v) is 3.21. The summed E-state index contributed by atoms with van der Waals surface area (Å²) < 4.78 is 38.2. The van der Waals surface area contributed by atoms with Gasteiger partial charge in [0, 0.05) is 12.4 Å². The first kappa shape index (κ1) is 14.2. The highest BCUT2D eigenvalue weighted by atomic mass is 32.1. The summed E-state index contributed by atoms with van der Waals surface area (Å²) in [5.41, 5.74) is -1.83. The van der Waals surface area contributed by atoms with Crippen molar-refractivity contribution in [1.82, 2.24) is 10.3 Å². The maximum absolute atomic E-state index is 12.7. The number of hydrogen-bond acceptors (Lipinski definition) is 4. The van der Waals surface area contributed by atoms with Crippen LogP contribution in [0.1, 0.15) is 25.6 Å². The van der Waals surface area contributed by atoms with Gasteiger partial charge in [-0.05, 0) is 17.5 Å².